The minimum Gasteiger partial charge on any atom is -0.468 e. The summed E-state index contributed by atoms with van der Waals surface area (Å²) in [7, 11) is 3.22. The number of carbonyl (C=O) groups excluding carboxylic acids is 1. The average Bonchev–Trinajstić information content (AvgIpc) is 2.48. The standard InChI is InChI=1S/C16H32N2O3/c1-6-17-16(15(19)21-5)10-8-9-14(11-16)18(7-2)13(3)12-20-4/h13-14,17H,6-12H2,1-5H3. The normalized spacial score (nSPS) is 27.6. The van der Waals surface area contributed by atoms with Crippen LogP contribution in [0.25, 0.3) is 0 Å². The second-order valence-corrected chi connectivity index (χ2v) is 5.99. The van der Waals surface area contributed by atoms with Crippen molar-refractivity contribution < 1.29 is 14.3 Å². The van der Waals surface area contributed by atoms with Crippen LogP contribution >= 0.6 is 0 Å². The summed E-state index contributed by atoms with van der Waals surface area (Å²) >= 11 is 0. The topological polar surface area (TPSA) is 50.8 Å². The van der Waals surface area contributed by atoms with Crippen LogP contribution in [-0.2, 0) is 14.3 Å². The third-order valence-corrected chi connectivity index (χ3v) is 4.62. The van der Waals surface area contributed by atoms with E-state index in [1.165, 1.54) is 7.11 Å². The first-order chi connectivity index (χ1) is 10.0. The Labute approximate surface area is 129 Å². The zero-order valence-electron chi connectivity index (χ0n) is 14.3. The van der Waals surface area contributed by atoms with Gasteiger partial charge >= 0.3 is 5.97 Å². The molecule has 1 saturated carbocycles. The smallest absolute Gasteiger partial charge is 0.326 e. The molecule has 5 nitrogen and oxygen atoms in total. The van der Waals surface area contributed by atoms with Crippen LogP contribution in [0.5, 0.6) is 0 Å². The zero-order chi connectivity index (χ0) is 15.9. The third-order valence-electron chi connectivity index (χ3n) is 4.62. The van der Waals surface area contributed by atoms with E-state index in [9.17, 15) is 4.79 Å². The van der Waals surface area contributed by atoms with Crippen molar-refractivity contribution in [2.45, 2.75) is 64.1 Å². The molecule has 0 radical (unpaired) electrons. The molecule has 0 aromatic carbocycles. The maximum Gasteiger partial charge on any atom is 0.326 e. The molecular formula is C16H32N2O3. The summed E-state index contributed by atoms with van der Waals surface area (Å²) < 4.78 is 10.4. The zero-order valence-corrected chi connectivity index (χ0v) is 14.3. The summed E-state index contributed by atoms with van der Waals surface area (Å²) in [5.41, 5.74) is -0.521. The van der Waals surface area contributed by atoms with Gasteiger partial charge in [0.1, 0.15) is 5.54 Å². The number of methoxy groups -OCH3 is 2. The van der Waals surface area contributed by atoms with Crippen molar-refractivity contribution in [3.05, 3.63) is 0 Å². The van der Waals surface area contributed by atoms with Crippen LogP contribution in [0, 0.1) is 0 Å². The Bertz CT molecular complexity index is 321. The highest BCUT2D eigenvalue weighted by Crippen LogP contribution is 2.33. The number of likely N-dealkylation sites (N-methyl/N-ethyl adjacent to an activating group) is 2. The molecule has 0 heterocycles. The van der Waals surface area contributed by atoms with E-state index in [4.69, 9.17) is 9.47 Å². The van der Waals surface area contributed by atoms with Gasteiger partial charge in [-0.2, -0.15) is 0 Å². The summed E-state index contributed by atoms with van der Waals surface area (Å²) in [6.45, 7) is 8.87. The number of rotatable bonds is 8. The molecule has 0 amide bonds. The Balaban J connectivity index is 2.86. The van der Waals surface area contributed by atoms with Crippen molar-refractivity contribution in [3.63, 3.8) is 0 Å². The van der Waals surface area contributed by atoms with Gasteiger partial charge in [0, 0.05) is 19.2 Å². The van der Waals surface area contributed by atoms with Crippen LogP contribution in [-0.4, -0.2) is 62.4 Å². The minimum absolute atomic E-state index is 0.121. The van der Waals surface area contributed by atoms with Crippen LogP contribution < -0.4 is 5.32 Å². The van der Waals surface area contributed by atoms with Gasteiger partial charge in [-0.25, -0.2) is 0 Å². The molecule has 0 aliphatic heterocycles. The van der Waals surface area contributed by atoms with Gasteiger partial charge in [0.05, 0.1) is 13.7 Å². The number of esters is 1. The quantitative estimate of drug-likeness (QED) is 0.693. The molecule has 21 heavy (non-hydrogen) atoms. The van der Waals surface area contributed by atoms with E-state index in [1.807, 2.05) is 6.92 Å². The van der Waals surface area contributed by atoms with Crippen molar-refractivity contribution in [2.24, 2.45) is 0 Å². The molecule has 1 aliphatic carbocycles. The first-order valence-corrected chi connectivity index (χ1v) is 8.12. The number of ether oxygens (including phenoxy) is 2. The molecule has 5 heteroatoms. The number of hydrogen-bond donors (Lipinski definition) is 1. The van der Waals surface area contributed by atoms with Gasteiger partial charge in [-0.1, -0.05) is 13.8 Å². The number of nitrogens with zero attached hydrogens (tertiary/aromatic N) is 1. The maximum atomic E-state index is 12.3. The fourth-order valence-electron chi connectivity index (χ4n) is 3.75. The van der Waals surface area contributed by atoms with Gasteiger partial charge in [0.15, 0.2) is 0 Å². The molecule has 1 fully saturated rings. The van der Waals surface area contributed by atoms with E-state index >= 15 is 0 Å². The summed E-state index contributed by atoms with van der Waals surface area (Å²) in [5, 5.41) is 3.40. The third kappa shape index (κ3) is 4.41. The average molecular weight is 300 g/mol. The van der Waals surface area contributed by atoms with E-state index in [0.717, 1.165) is 45.4 Å². The van der Waals surface area contributed by atoms with E-state index in [0.29, 0.717) is 12.1 Å². The van der Waals surface area contributed by atoms with Crippen molar-refractivity contribution in [1.29, 1.82) is 0 Å². The summed E-state index contributed by atoms with van der Waals surface area (Å²) in [5.74, 6) is -0.121. The van der Waals surface area contributed by atoms with Gasteiger partial charge in [0.2, 0.25) is 0 Å². The predicted octanol–water partition coefficient (Wildman–Crippen LogP) is 1.81. The number of carbonyl (C=O) groups is 1. The molecule has 0 bridgehead atoms. The first kappa shape index (κ1) is 18.4. The van der Waals surface area contributed by atoms with Crippen LogP contribution in [0.4, 0.5) is 0 Å². The fourth-order valence-corrected chi connectivity index (χ4v) is 3.75. The van der Waals surface area contributed by atoms with Crippen LogP contribution in [0.3, 0.4) is 0 Å². The number of hydrogen-bond acceptors (Lipinski definition) is 5. The Morgan fingerprint density at radius 1 is 1.43 bits per heavy atom. The SMILES string of the molecule is CCNC1(C(=O)OC)CCCC(N(CC)C(C)COC)C1. The highest BCUT2D eigenvalue weighted by molar-refractivity contribution is 5.81. The first-order valence-electron chi connectivity index (χ1n) is 8.12. The predicted molar refractivity (Wildman–Crippen MR) is 84.4 cm³/mol. The summed E-state index contributed by atoms with van der Waals surface area (Å²) in [4.78, 5) is 14.8. The van der Waals surface area contributed by atoms with Gasteiger partial charge in [-0.3, -0.25) is 9.69 Å². The van der Waals surface area contributed by atoms with Gasteiger partial charge in [0.25, 0.3) is 0 Å². The lowest BCUT2D eigenvalue weighted by atomic mass is 9.78. The maximum absolute atomic E-state index is 12.3. The molecule has 124 valence electrons. The van der Waals surface area contributed by atoms with Gasteiger partial charge < -0.3 is 14.8 Å². The second-order valence-electron chi connectivity index (χ2n) is 5.99. The van der Waals surface area contributed by atoms with E-state index in [-0.39, 0.29) is 5.97 Å². The Kier molecular flexibility index (Phi) is 7.63. The molecule has 0 saturated heterocycles. The van der Waals surface area contributed by atoms with Crippen LogP contribution in [0.1, 0.15) is 46.5 Å². The van der Waals surface area contributed by atoms with E-state index < -0.39 is 5.54 Å². The van der Waals surface area contributed by atoms with Crippen molar-refractivity contribution in [2.75, 3.05) is 33.9 Å². The van der Waals surface area contributed by atoms with Crippen LogP contribution in [0.15, 0.2) is 0 Å². The second kappa shape index (κ2) is 8.71. The molecule has 3 atom stereocenters. The molecule has 0 spiro atoms. The Morgan fingerprint density at radius 3 is 2.67 bits per heavy atom. The molecule has 0 aromatic rings. The summed E-state index contributed by atoms with van der Waals surface area (Å²) in [6, 6.07) is 0.757. The van der Waals surface area contributed by atoms with Gasteiger partial charge in [-0.05, 0) is 45.7 Å². The lowest BCUT2D eigenvalue weighted by Gasteiger charge is -2.45. The van der Waals surface area contributed by atoms with E-state index in [2.05, 4.69) is 24.1 Å². The highest BCUT2D eigenvalue weighted by Gasteiger charge is 2.44. The van der Waals surface area contributed by atoms with Crippen molar-refractivity contribution >= 4 is 5.97 Å². The van der Waals surface area contributed by atoms with Crippen molar-refractivity contribution in [1.82, 2.24) is 10.2 Å². The Morgan fingerprint density at radius 2 is 2.14 bits per heavy atom. The van der Waals surface area contributed by atoms with E-state index in [1.54, 1.807) is 7.11 Å². The molecule has 0 aromatic heterocycles. The van der Waals surface area contributed by atoms with Crippen LogP contribution in [0.2, 0.25) is 0 Å². The lowest BCUT2D eigenvalue weighted by molar-refractivity contribution is -0.151. The highest BCUT2D eigenvalue weighted by atomic mass is 16.5. The Hall–Kier alpha value is -0.650. The molecule has 1 N–H and O–H groups in total. The van der Waals surface area contributed by atoms with Crippen molar-refractivity contribution in [3.8, 4) is 0 Å². The van der Waals surface area contributed by atoms with Gasteiger partial charge in [-0.15, -0.1) is 0 Å². The molecule has 3 unspecified atom stereocenters. The fraction of sp³-hybridized carbons (Fsp3) is 0.938. The lowest BCUT2D eigenvalue weighted by Crippen LogP contribution is -2.59. The summed E-state index contributed by atoms with van der Waals surface area (Å²) in [6.07, 6.45) is 3.85. The monoisotopic (exact) mass is 300 g/mol. The largest absolute Gasteiger partial charge is 0.468 e. The molecule has 1 aliphatic rings. The number of nitrogens with one attached hydrogen (secondary N) is 1. The minimum atomic E-state index is -0.521. The molecule has 1 rings (SSSR count). The molecular weight excluding hydrogens is 268 g/mol.